The smallest absolute Gasteiger partial charge is 0.248 e. The van der Waals surface area contributed by atoms with Gasteiger partial charge in [0.05, 0.1) is 6.54 Å². The largest absolute Gasteiger partial charge is 0.341 e. The predicted octanol–water partition coefficient (Wildman–Crippen LogP) is 1.55. The Morgan fingerprint density at radius 1 is 1.28 bits per heavy atom. The fraction of sp³-hybridized carbons (Fsp3) is 0.857. The number of carbonyl (C=O) groups excluding carboxylic acids is 2. The summed E-state index contributed by atoms with van der Waals surface area (Å²) in [6.45, 7) is 6.80. The van der Waals surface area contributed by atoms with Crippen LogP contribution in [0.4, 0.5) is 0 Å². The van der Waals surface area contributed by atoms with E-state index in [4.69, 9.17) is 0 Å². The van der Waals surface area contributed by atoms with Crippen molar-refractivity contribution < 1.29 is 9.59 Å². The number of rotatable bonds is 2. The van der Waals surface area contributed by atoms with E-state index in [1.54, 1.807) is 18.7 Å². The maximum Gasteiger partial charge on any atom is 0.248 e. The van der Waals surface area contributed by atoms with Crippen LogP contribution in [0.15, 0.2) is 0 Å². The highest BCUT2D eigenvalue weighted by molar-refractivity contribution is 5.97. The summed E-state index contributed by atoms with van der Waals surface area (Å²) < 4.78 is 0. The molecule has 1 saturated carbocycles. The average Bonchev–Trinajstić information content (AvgIpc) is 2.27. The number of carbonyl (C=O) groups is 2. The first-order valence-corrected chi connectivity index (χ1v) is 7.00. The van der Waals surface area contributed by atoms with Gasteiger partial charge in [-0.25, -0.2) is 0 Å². The lowest BCUT2D eigenvalue weighted by atomic mass is 9.80. The number of nitrogens with zero attached hydrogens (tertiary/aromatic N) is 1. The van der Waals surface area contributed by atoms with Gasteiger partial charge in [-0.05, 0) is 32.1 Å². The third-order valence-electron chi connectivity index (χ3n) is 4.35. The zero-order valence-electron chi connectivity index (χ0n) is 11.7. The van der Waals surface area contributed by atoms with E-state index < -0.39 is 5.54 Å². The van der Waals surface area contributed by atoms with Gasteiger partial charge < -0.3 is 10.2 Å². The molecule has 1 N–H and O–H groups in total. The summed E-state index contributed by atoms with van der Waals surface area (Å²) in [6, 6.07) is 0. The van der Waals surface area contributed by atoms with Crippen LogP contribution >= 0.6 is 0 Å². The molecule has 1 aliphatic heterocycles. The summed E-state index contributed by atoms with van der Waals surface area (Å²) in [5.41, 5.74) is -0.743. The summed E-state index contributed by atoms with van der Waals surface area (Å²) >= 11 is 0. The minimum atomic E-state index is -0.743. The van der Waals surface area contributed by atoms with Gasteiger partial charge in [0.25, 0.3) is 0 Å². The van der Waals surface area contributed by atoms with Crippen LogP contribution < -0.4 is 5.32 Å². The van der Waals surface area contributed by atoms with E-state index in [1.165, 1.54) is 25.7 Å². The van der Waals surface area contributed by atoms with Crippen LogP contribution in [-0.2, 0) is 9.59 Å². The van der Waals surface area contributed by atoms with Gasteiger partial charge in [-0.1, -0.05) is 26.2 Å². The van der Waals surface area contributed by atoms with Gasteiger partial charge in [0, 0.05) is 6.54 Å². The molecule has 2 atom stereocenters. The van der Waals surface area contributed by atoms with Crippen molar-refractivity contribution in [3.63, 3.8) is 0 Å². The molecule has 2 amide bonds. The van der Waals surface area contributed by atoms with Gasteiger partial charge in [-0.3, -0.25) is 9.59 Å². The fourth-order valence-electron chi connectivity index (χ4n) is 3.18. The molecule has 1 aliphatic carbocycles. The van der Waals surface area contributed by atoms with Crippen LogP contribution in [0.3, 0.4) is 0 Å². The van der Waals surface area contributed by atoms with Gasteiger partial charge in [0.1, 0.15) is 5.54 Å². The van der Waals surface area contributed by atoms with Crippen molar-refractivity contribution in [3.05, 3.63) is 0 Å². The summed E-state index contributed by atoms with van der Waals surface area (Å²) in [5, 5.41) is 2.75. The van der Waals surface area contributed by atoms with E-state index in [-0.39, 0.29) is 18.4 Å². The molecular weight excluding hydrogens is 228 g/mol. The molecule has 4 nitrogen and oxygen atoms in total. The van der Waals surface area contributed by atoms with Crippen LogP contribution in [-0.4, -0.2) is 35.3 Å². The third kappa shape index (κ3) is 2.68. The minimum absolute atomic E-state index is 0.0388. The molecule has 0 radical (unpaired) electrons. The fourth-order valence-corrected chi connectivity index (χ4v) is 3.18. The maximum atomic E-state index is 12.3. The zero-order chi connectivity index (χ0) is 13.3. The molecule has 0 spiro atoms. The molecule has 4 heteroatoms. The zero-order valence-corrected chi connectivity index (χ0v) is 11.7. The monoisotopic (exact) mass is 252 g/mol. The summed E-state index contributed by atoms with van der Waals surface area (Å²) in [6.07, 6.45) is 5.00. The van der Waals surface area contributed by atoms with E-state index in [0.29, 0.717) is 11.8 Å². The molecule has 1 heterocycles. The molecule has 0 aromatic heterocycles. The van der Waals surface area contributed by atoms with Crippen LogP contribution in [0.2, 0.25) is 0 Å². The lowest BCUT2D eigenvalue weighted by Gasteiger charge is -2.40. The quantitative estimate of drug-likeness (QED) is 0.810. The first-order chi connectivity index (χ1) is 8.40. The third-order valence-corrected chi connectivity index (χ3v) is 4.35. The lowest BCUT2D eigenvalue weighted by Crippen LogP contribution is -2.64. The topological polar surface area (TPSA) is 49.4 Å². The van der Waals surface area contributed by atoms with Crippen molar-refractivity contribution in [3.8, 4) is 0 Å². The molecule has 1 saturated heterocycles. The van der Waals surface area contributed by atoms with Crippen LogP contribution in [0, 0.1) is 11.8 Å². The standard InChI is InChI=1S/C14H24N2O2/c1-10-6-4-5-7-11(10)8-16-9-12(17)15-14(2,3)13(16)18/h10-11H,4-9H2,1-3H3,(H,15,17). The Labute approximate surface area is 109 Å². The summed E-state index contributed by atoms with van der Waals surface area (Å²) in [4.78, 5) is 25.7. The Bertz CT molecular complexity index is 352. The second-order valence-electron chi connectivity index (χ2n) is 6.38. The average molecular weight is 252 g/mol. The highest BCUT2D eigenvalue weighted by atomic mass is 16.2. The van der Waals surface area contributed by atoms with Gasteiger partial charge >= 0.3 is 0 Å². The van der Waals surface area contributed by atoms with Crippen molar-refractivity contribution in [1.29, 1.82) is 0 Å². The molecule has 0 aromatic rings. The molecule has 2 fully saturated rings. The highest BCUT2D eigenvalue weighted by Gasteiger charge is 2.40. The second kappa shape index (κ2) is 4.90. The SMILES string of the molecule is CC1CCCCC1CN1CC(=O)NC(C)(C)C1=O. The van der Waals surface area contributed by atoms with Crippen molar-refractivity contribution in [2.75, 3.05) is 13.1 Å². The summed E-state index contributed by atoms with van der Waals surface area (Å²) in [7, 11) is 0. The van der Waals surface area contributed by atoms with Crippen molar-refractivity contribution >= 4 is 11.8 Å². The van der Waals surface area contributed by atoms with E-state index in [9.17, 15) is 9.59 Å². The summed E-state index contributed by atoms with van der Waals surface area (Å²) in [5.74, 6) is 1.24. The van der Waals surface area contributed by atoms with E-state index in [1.807, 2.05) is 0 Å². The number of amides is 2. The Balaban J connectivity index is 2.03. The molecular formula is C14H24N2O2. The molecule has 102 valence electrons. The number of hydrogen-bond acceptors (Lipinski definition) is 2. The Hall–Kier alpha value is -1.06. The molecule has 2 rings (SSSR count). The number of nitrogens with one attached hydrogen (secondary N) is 1. The Kier molecular flexibility index (Phi) is 3.64. The van der Waals surface area contributed by atoms with Crippen molar-refractivity contribution in [2.45, 2.75) is 52.0 Å². The normalized spacial score (nSPS) is 32.3. The maximum absolute atomic E-state index is 12.3. The van der Waals surface area contributed by atoms with Crippen LogP contribution in [0.25, 0.3) is 0 Å². The second-order valence-corrected chi connectivity index (χ2v) is 6.38. The Morgan fingerprint density at radius 3 is 2.61 bits per heavy atom. The lowest BCUT2D eigenvalue weighted by molar-refractivity contribution is -0.149. The van der Waals surface area contributed by atoms with E-state index >= 15 is 0 Å². The molecule has 18 heavy (non-hydrogen) atoms. The first-order valence-electron chi connectivity index (χ1n) is 7.00. The van der Waals surface area contributed by atoms with E-state index in [0.717, 1.165) is 6.54 Å². The molecule has 2 aliphatic rings. The highest BCUT2D eigenvalue weighted by Crippen LogP contribution is 2.31. The molecule has 2 unspecified atom stereocenters. The predicted molar refractivity (Wildman–Crippen MR) is 69.9 cm³/mol. The van der Waals surface area contributed by atoms with Crippen LogP contribution in [0.5, 0.6) is 0 Å². The molecule has 0 bridgehead atoms. The van der Waals surface area contributed by atoms with Gasteiger partial charge in [-0.2, -0.15) is 0 Å². The van der Waals surface area contributed by atoms with E-state index in [2.05, 4.69) is 12.2 Å². The molecule has 0 aromatic carbocycles. The van der Waals surface area contributed by atoms with Crippen LogP contribution in [0.1, 0.15) is 46.5 Å². The minimum Gasteiger partial charge on any atom is -0.341 e. The van der Waals surface area contributed by atoms with Gasteiger partial charge in [0.15, 0.2) is 0 Å². The first kappa shape index (κ1) is 13.4. The van der Waals surface area contributed by atoms with Gasteiger partial charge in [-0.15, -0.1) is 0 Å². The number of piperazine rings is 1. The van der Waals surface area contributed by atoms with Gasteiger partial charge in [0.2, 0.25) is 11.8 Å². The van der Waals surface area contributed by atoms with Crippen molar-refractivity contribution in [1.82, 2.24) is 10.2 Å². The Morgan fingerprint density at radius 2 is 1.94 bits per heavy atom. The number of hydrogen-bond donors (Lipinski definition) is 1. The van der Waals surface area contributed by atoms with Crippen molar-refractivity contribution in [2.24, 2.45) is 11.8 Å².